The van der Waals surface area contributed by atoms with Gasteiger partial charge in [-0.3, -0.25) is 4.98 Å². The zero-order valence-electron chi connectivity index (χ0n) is 7.90. The molecule has 1 nitrogen and oxygen atoms in total. The average Bonchev–Trinajstić information content (AvgIpc) is 2.30. The molecule has 0 aliphatic rings. The molecule has 15 heavy (non-hydrogen) atoms. The van der Waals surface area contributed by atoms with E-state index in [2.05, 4.69) is 4.98 Å². The summed E-state index contributed by atoms with van der Waals surface area (Å²) in [6.07, 6.45) is 3.40. The second-order valence-electron chi connectivity index (χ2n) is 3.20. The molecule has 1 atom stereocenters. The Balaban J connectivity index is 2.29. The van der Waals surface area contributed by atoms with Crippen molar-refractivity contribution in [3.63, 3.8) is 0 Å². The van der Waals surface area contributed by atoms with Crippen LogP contribution in [0.15, 0.2) is 48.8 Å². The topological polar surface area (TPSA) is 12.9 Å². The van der Waals surface area contributed by atoms with Crippen LogP contribution in [0.4, 0.5) is 4.39 Å². The van der Waals surface area contributed by atoms with E-state index >= 15 is 0 Å². The first-order valence-corrected chi connectivity index (χ1v) is 5.00. The lowest BCUT2D eigenvalue weighted by Crippen LogP contribution is -1.93. The van der Waals surface area contributed by atoms with Gasteiger partial charge >= 0.3 is 0 Å². The molecular formula is C12H9ClFN. The van der Waals surface area contributed by atoms with Gasteiger partial charge in [-0.1, -0.05) is 18.2 Å². The van der Waals surface area contributed by atoms with Crippen LogP contribution in [0.3, 0.4) is 0 Å². The van der Waals surface area contributed by atoms with Crippen molar-refractivity contribution in [1.29, 1.82) is 0 Å². The van der Waals surface area contributed by atoms with E-state index in [9.17, 15) is 4.39 Å². The van der Waals surface area contributed by atoms with Gasteiger partial charge in [0.15, 0.2) is 0 Å². The van der Waals surface area contributed by atoms with Gasteiger partial charge < -0.3 is 0 Å². The van der Waals surface area contributed by atoms with Crippen LogP contribution in [0.1, 0.15) is 16.5 Å². The fourth-order valence-electron chi connectivity index (χ4n) is 1.35. The molecule has 1 unspecified atom stereocenters. The maximum Gasteiger partial charge on any atom is 0.123 e. The van der Waals surface area contributed by atoms with Gasteiger partial charge in [0.1, 0.15) is 5.82 Å². The Labute approximate surface area is 92.5 Å². The van der Waals surface area contributed by atoms with Crippen molar-refractivity contribution in [3.8, 4) is 0 Å². The van der Waals surface area contributed by atoms with E-state index in [1.807, 2.05) is 12.1 Å². The lowest BCUT2D eigenvalue weighted by Gasteiger charge is -2.09. The van der Waals surface area contributed by atoms with E-state index in [0.717, 1.165) is 11.1 Å². The highest BCUT2D eigenvalue weighted by molar-refractivity contribution is 6.22. The maximum atomic E-state index is 12.7. The molecule has 0 aliphatic carbocycles. The Morgan fingerprint density at radius 3 is 2.40 bits per heavy atom. The molecule has 1 heterocycles. The summed E-state index contributed by atoms with van der Waals surface area (Å²) in [5.74, 6) is -0.256. The second-order valence-corrected chi connectivity index (χ2v) is 3.64. The summed E-state index contributed by atoms with van der Waals surface area (Å²) in [7, 11) is 0. The van der Waals surface area contributed by atoms with Gasteiger partial charge in [-0.15, -0.1) is 11.6 Å². The van der Waals surface area contributed by atoms with Crippen LogP contribution < -0.4 is 0 Å². The highest BCUT2D eigenvalue weighted by Gasteiger charge is 2.10. The summed E-state index contributed by atoms with van der Waals surface area (Å²) in [4.78, 5) is 3.99. The Kier molecular flexibility index (Phi) is 2.97. The number of pyridine rings is 1. The molecule has 2 rings (SSSR count). The van der Waals surface area contributed by atoms with Crippen molar-refractivity contribution >= 4 is 11.6 Å². The summed E-state index contributed by atoms with van der Waals surface area (Å²) in [6.45, 7) is 0. The number of benzene rings is 1. The van der Waals surface area contributed by atoms with Gasteiger partial charge in [0.2, 0.25) is 0 Å². The van der Waals surface area contributed by atoms with Gasteiger partial charge in [0, 0.05) is 12.4 Å². The lowest BCUT2D eigenvalue weighted by atomic mass is 10.1. The fraction of sp³-hybridized carbons (Fsp3) is 0.0833. The van der Waals surface area contributed by atoms with E-state index in [1.165, 1.54) is 12.1 Å². The van der Waals surface area contributed by atoms with Crippen molar-refractivity contribution in [1.82, 2.24) is 4.98 Å². The largest absolute Gasteiger partial charge is 0.264 e. The zero-order valence-corrected chi connectivity index (χ0v) is 8.66. The Hall–Kier alpha value is -1.41. The molecule has 0 N–H and O–H groups in total. The van der Waals surface area contributed by atoms with E-state index in [-0.39, 0.29) is 11.2 Å². The summed E-state index contributed by atoms with van der Waals surface area (Å²) in [6, 6.07) is 9.89. The third kappa shape index (κ3) is 2.34. The standard InChI is InChI=1S/C12H9ClFN/c13-12(10-2-1-7-15-8-10)9-3-5-11(14)6-4-9/h1-8,12H. The lowest BCUT2D eigenvalue weighted by molar-refractivity contribution is 0.627. The number of rotatable bonds is 2. The summed E-state index contributed by atoms with van der Waals surface area (Å²) in [5.41, 5.74) is 1.77. The van der Waals surface area contributed by atoms with Crippen molar-refractivity contribution < 1.29 is 4.39 Å². The molecule has 0 saturated heterocycles. The van der Waals surface area contributed by atoms with Gasteiger partial charge in [-0.2, -0.15) is 0 Å². The zero-order chi connectivity index (χ0) is 10.7. The molecule has 1 aromatic heterocycles. The molecule has 0 fully saturated rings. The first-order chi connectivity index (χ1) is 7.27. The van der Waals surface area contributed by atoms with E-state index in [0.29, 0.717) is 0 Å². The molecule has 0 amide bonds. The number of alkyl halides is 1. The van der Waals surface area contributed by atoms with Crippen LogP contribution in [0.2, 0.25) is 0 Å². The van der Waals surface area contributed by atoms with Crippen LogP contribution >= 0.6 is 11.6 Å². The van der Waals surface area contributed by atoms with Crippen LogP contribution in [0, 0.1) is 5.82 Å². The SMILES string of the molecule is Fc1ccc(C(Cl)c2cccnc2)cc1. The highest BCUT2D eigenvalue weighted by atomic mass is 35.5. The van der Waals surface area contributed by atoms with Crippen LogP contribution in [0.5, 0.6) is 0 Å². The quantitative estimate of drug-likeness (QED) is 0.707. The average molecular weight is 222 g/mol. The number of aromatic nitrogens is 1. The number of hydrogen-bond donors (Lipinski definition) is 0. The summed E-state index contributed by atoms with van der Waals surface area (Å²) in [5, 5.41) is -0.278. The third-order valence-corrected chi connectivity index (χ3v) is 2.64. The van der Waals surface area contributed by atoms with E-state index in [1.54, 1.807) is 24.5 Å². The highest BCUT2D eigenvalue weighted by Crippen LogP contribution is 2.27. The minimum Gasteiger partial charge on any atom is -0.264 e. The van der Waals surface area contributed by atoms with Gasteiger partial charge in [-0.25, -0.2) is 4.39 Å². The number of halogens is 2. The number of nitrogens with zero attached hydrogens (tertiary/aromatic N) is 1. The van der Waals surface area contributed by atoms with Crippen molar-refractivity contribution in [2.75, 3.05) is 0 Å². The van der Waals surface area contributed by atoms with Crippen molar-refractivity contribution in [2.24, 2.45) is 0 Å². The predicted octanol–water partition coefficient (Wildman–Crippen LogP) is 3.55. The molecule has 0 bridgehead atoms. The fourth-order valence-corrected chi connectivity index (χ4v) is 1.62. The first-order valence-electron chi connectivity index (χ1n) is 4.57. The Morgan fingerprint density at radius 2 is 1.80 bits per heavy atom. The summed E-state index contributed by atoms with van der Waals surface area (Å²) >= 11 is 6.22. The van der Waals surface area contributed by atoms with Crippen LogP contribution in [0.25, 0.3) is 0 Å². The maximum absolute atomic E-state index is 12.7. The Morgan fingerprint density at radius 1 is 1.07 bits per heavy atom. The predicted molar refractivity (Wildman–Crippen MR) is 58.3 cm³/mol. The monoisotopic (exact) mass is 221 g/mol. The normalized spacial score (nSPS) is 12.4. The molecular weight excluding hydrogens is 213 g/mol. The Bertz CT molecular complexity index is 427. The minimum atomic E-state index is -0.278. The molecule has 0 spiro atoms. The molecule has 2 aromatic rings. The van der Waals surface area contributed by atoms with Crippen LogP contribution in [-0.4, -0.2) is 4.98 Å². The second kappa shape index (κ2) is 4.41. The van der Waals surface area contributed by atoms with Gasteiger partial charge in [0.25, 0.3) is 0 Å². The first kappa shape index (κ1) is 10.1. The van der Waals surface area contributed by atoms with E-state index < -0.39 is 0 Å². The molecule has 0 aliphatic heterocycles. The number of hydrogen-bond acceptors (Lipinski definition) is 1. The van der Waals surface area contributed by atoms with Crippen molar-refractivity contribution in [2.45, 2.75) is 5.38 Å². The smallest absolute Gasteiger partial charge is 0.123 e. The van der Waals surface area contributed by atoms with Crippen LogP contribution in [-0.2, 0) is 0 Å². The minimum absolute atomic E-state index is 0.256. The molecule has 76 valence electrons. The molecule has 0 radical (unpaired) electrons. The van der Waals surface area contributed by atoms with Gasteiger partial charge in [-0.05, 0) is 29.3 Å². The van der Waals surface area contributed by atoms with Gasteiger partial charge in [0.05, 0.1) is 5.38 Å². The molecule has 3 heteroatoms. The molecule has 0 saturated carbocycles. The van der Waals surface area contributed by atoms with E-state index in [4.69, 9.17) is 11.6 Å². The molecule has 1 aromatic carbocycles. The summed E-state index contributed by atoms with van der Waals surface area (Å²) < 4.78 is 12.7. The van der Waals surface area contributed by atoms with Crippen molar-refractivity contribution in [3.05, 3.63) is 65.7 Å². The third-order valence-electron chi connectivity index (χ3n) is 2.14.